The largest absolute Gasteiger partial charge is 0.383 e. The number of anilines is 1. The monoisotopic (exact) mass is 333 g/mol. The van der Waals surface area contributed by atoms with Gasteiger partial charge in [-0.1, -0.05) is 59.9 Å². The Morgan fingerprint density at radius 3 is 2.29 bits per heavy atom. The van der Waals surface area contributed by atoms with Gasteiger partial charge in [0.05, 0.1) is 5.69 Å². The van der Waals surface area contributed by atoms with Crippen molar-refractivity contribution in [2.45, 2.75) is 0 Å². The molecule has 0 amide bonds. The van der Waals surface area contributed by atoms with Crippen molar-refractivity contribution in [3.05, 3.63) is 75.9 Å². The van der Waals surface area contributed by atoms with Gasteiger partial charge in [0.1, 0.15) is 16.8 Å². The third kappa shape index (κ3) is 3.26. The summed E-state index contributed by atoms with van der Waals surface area (Å²) in [4.78, 5) is 10.4. The van der Waals surface area contributed by atoms with E-state index in [9.17, 15) is 0 Å². The van der Waals surface area contributed by atoms with Crippen molar-refractivity contribution in [1.82, 2.24) is 4.57 Å². The second-order valence-corrected chi connectivity index (χ2v) is 6.00. The van der Waals surface area contributed by atoms with Gasteiger partial charge in [0.15, 0.2) is 10.6 Å². The van der Waals surface area contributed by atoms with Gasteiger partial charge in [-0.15, -0.1) is 0 Å². The lowest BCUT2D eigenvalue weighted by molar-refractivity contribution is 0.889. The minimum Gasteiger partial charge on any atom is -0.383 e. The number of para-hydroxylation sites is 1. The van der Waals surface area contributed by atoms with E-state index in [1.807, 2.05) is 60.7 Å². The van der Waals surface area contributed by atoms with Gasteiger partial charge in [0.2, 0.25) is 0 Å². The predicted octanol–water partition coefficient (Wildman–Crippen LogP) is 3.22. The molecular weight excluding hydrogens is 318 g/mol. The second-order valence-electron chi connectivity index (χ2n) is 5.02. The van der Waals surface area contributed by atoms with Crippen LogP contribution in [0.3, 0.4) is 0 Å². The number of nitrogens with zero attached hydrogens (tertiary/aromatic N) is 4. The topological polar surface area (TPSA) is 79.5 Å². The first kappa shape index (κ1) is 15.7. The van der Waals surface area contributed by atoms with Crippen LogP contribution in [0, 0.1) is 11.3 Å². The van der Waals surface area contributed by atoms with Gasteiger partial charge in [-0.3, -0.25) is 0 Å². The lowest BCUT2D eigenvalue weighted by atomic mass is 10.2. The summed E-state index contributed by atoms with van der Waals surface area (Å²) in [6.45, 7) is 0. The first-order chi connectivity index (χ1) is 11.7. The van der Waals surface area contributed by atoms with E-state index in [-0.39, 0.29) is 0 Å². The lowest BCUT2D eigenvalue weighted by Crippen LogP contribution is -2.15. The van der Waals surface area contributed by atoms with Crippen LogP contribution in [0.1, 0.15) is 10.4 Å². The van der Waals surface area contributed by atoms with E-state index in [0.29, 0.717) is 21.3 Å². The van der Waals surface area contributed by atoms with Gasteiger partial charge >= 0.3 is 0 Å². The molecule has 0 saturated carbocycles. The molecule has 0 spiro atoms. The van der Waals surface area contributed by atoms with Gasteiger partial charge in [-0.25, -0.2) is 9.98 Å². The van der Waals surface area contributed by atoms with Crippen molar-refractivity contribution in [2.75, 3.05) is 5.73 Å². The van der Waals surface area contributed by atoms with E-state index in [1.165, 1.54) is 11.3 Å². The summed E-state index contributed by atoms with van der Waals surface area (Å²) in [6, 6.07) is 21.5. The number of nitrogen functional groups attached to an aromatic ring is 1. The second kappa shape index (κ2) is 6.94. The molecule has 0 aliphatic rings. The molecule has 0 saturated heterocycles. The molecule has 2 N–H and O–H groups in total. The van der Waals surface area contributed by atoms with Crippen LogP contribution in [-0.4, -0.2) is 10.4 Å². The summed E-state index contributed by atoms with van der Waals surface area (Å²) < 4.78 is 1.70. The molecule has 24 heavy (non-hydrogen) atoms. The van der Waals surface area contributed by atoms with Crippen LogP contribution in [0.5, 0.6) is 0 Å². The zero-order valence-corrected chi connectivity index (χ0v) is 13.9. The van der Waals surface area contributed by atoms with Crippen molar-refractivity contribution in [1.29, 1.82) is 5.26 Å². The summed E-state index contributed by atoms with van der Waals surface area (Å²) in [6.07, 6.45) is 0. The molecule has 0 atom stereocenters. The predicted molar refractivity (Wildman–Crippen MR) is 97.1 cm³/mol. The van der Waals surface area contributed by atoms with Crippen molar-refractivity contribution in [2.24, 2.45) is 17.0 Å². The molecule has 3 rings (SSSR count). The van der Waals surface area contributed by atoms with Crippen LogP contribution in [0.4, 0.5) is 11.5 Å². The number of amidine groups is 1. The average Bonchev–Trinajstić information content (AvgIpc) is 2.90. The molecule has 118 valence electrons. The minimum absolute atomic E-state index is 0.411. The highest BCUT2D eigenvalue weighted by Gasteiger charge is 2.09. The first-order valence-corrected chi connectivity index (χ1v) is 8.10. The molecule has 1 heterocycles. The molecule has 0 fully saturated rings. The van der Waals surface area contributed by atoms with Gasteiger partial charge in [0, 0.05) is 12.6 Å². The molecule has 6 heteroatoms. The third-order valence-corrected chi connectivity index (χ3v) is 4.45. The van der Waals surface area contributed by atoms with E-state index in [1.54, 1.807) is 11.6 Å². The fourth-order valence-electron chi connectivity index (χ4n) is 2.10. The number of rotatable bonds is 2. The fraction of sp³-hybridized carbons (Fsp3) is 0.0556. The van der Waals surface area contributed by atoms with E-state index >= 15 is 0 Å². The Morgan fingerprint density at radius 1 is 1.08 bits per heavy atom. The molecule has 3 aromatic rings. The first-order valence-electron chi connectivity index (χ1n) is 7.28. The lowest BCUT2D eigenvalue weighted by Gasteiger charge is -2.02. The maximum Gasteiger partial charge on any atom is 0.194 e. The van der Waals surface area contributed by atoms with Crippen molar-refractivity contribution >= 4 is 28.7 Å². The molecule has 0 aliphatic carbocycles. The SMILES string of the molecule is Cn1c(N)c(C#N)sc1=NC(=Nc1ccccc1)c1ccccc1. The number of benzene rings is 2. The maximum absolute atomic E-state index is 9.14. The number of nitriles is 1. The van der Waals surface area contributed by atoms with Crippen LogP contribution >= 0.6 is 11.3 Å². The smallest absolute Gasteiger partial charge is 0.194 e. The molecular formula is C18H15N5S. The number of aromatic nitrogens is 1. The van der Waals surface area contributed by atoms with Crippen LogP contribution in [0.2, 0.25) is 0 Å². The Hall–Kier alpha value is -3.17. The van der Waals surface area contributed by atoms with Gasteiger partial charge in [-0.2, -0.15) is 5.26 Å². The highest BCUT2D eigenvalue weighted by Crippen LogP contribution is 2.15. The molecule has 0 radical (unpaired) electrons. The van der Waals surface area contributed by atoms with Crippen LogP contribution < -0.4 is 10.5 Å². The quantitative estimate of drug-likeness (QED) is 0.577. The Balaban J connectivity index is 2.19. The molecule has 0 aliphatic heterocycles. The zero-order valence-electron chi connectivity index (χ0n) is 13.0. The van der Waals surface area contributed by atoms with Crippen LogP contribution in [-0.2, 0) is 7.05 Å². The maximum atomic E-state index is 9.14. The van der Waals surface area contributed by atoms with Crippen LogP contribution in [0.25, 0.3) is 0 Å². The summed E-state index contributed by atoms with van der Waals surface area (Å²) in [5.74, 6) is 0.983. The van der Waals surface area contributed by atoms with Gasteiger partial charge in [0.25, 0.3) is 0 Å². The highest BCUT2D eigenvalue weighted by molar-refractivity contribution is 7.10. The molecule has 5 nitrogen and oxygen atoms in total. The van der Waals surface area contributed by atoms with E-state index in [4.69, 9.17) is 11.0 Å². The Kier molecular flexibility index (Phi) is 4.54. The summed E-state index contributed by atoms with van der Waals surface area (Å²) in [7, 11) is 1.79. The zero-order chi connectivity index (χ0) is 16.9. The summed E-state index contributed by atoms with van der Waals surface area (Å²) >= 11 is 1.25. The van der Waals surface area contributed by atoms with Crippen molar-refractivity contribution in [3.8, 4) is 6.07 Å². The number of hydrogen-bond acceptors (Lipinski definition) is 4. The van der Waals surface area contributed by atoms with Crippen LogP contribution in [0.15, 0.2) is 70.6 Å². The molecule has 2 aromatic carbocycles. The Bertz CT molecular complexity index is 976. The van der Waals surface area contributed by atoms with E-state index in [0.717, 1.165) is 11.3 Å². The van der Waals surface area contributed by atoms with Gasteiger partial charge in [-0.05, 0) is 12.1 Å². The third-order valence-electron chi connectivity index (χ3n) is 3.40. The molecule has 0 unspecified atom stereocenters. The Morgan fingerprint density at radius 2 is 1.71 bits per heavy atom. The number of hydrogen-bond donors (Lipinski definition) is 1. The molecule has 1 aromatic heterocycles. The number of nitrogens with two attached hydrogens (primary N) is 1. The average molecular weight is 333 g/mol. The standard InChI is InChI=1S/C18H15N5S/c1-23-16(20)15(12-19)24-18(23)22-17(13-8-4-2-5-9-13)21-14-10-6-3-7-11-14/h2-11H,20H2,1H3. The van der Waals surface area contributed by atoms with Crippen molar-refractivity contribution < 1.29 is 0 Å². The normalized spacial score (nSPS) is 12.2. The van der Waals surface area contributed by atoms with Crippen molar-refractivity contribution in [3.63, 3.8) is 0 Å². The number of thiazole rings is 1. The van der Waals surface area contributed by atoms with E-state index in [2.05, 4.69) is 16.1 Å². The summed E-state index contributed by atoms with van der Waals surface area (Å²) in [5, 5.41) is 9.14. The minimum atomic E-state index is 0.411. The van der Waals surface area contributed by atoms with E-state index < -0.39 is 0 Å². The van der Waals surface area contributed by atoms with Gasteiger partial charge < -0.3 is 10.3 Å². The Labute approximate surface area is 143 Å². The highest BCUT2D eigenvalue weighted by atomic mass is 32.1. The number of aliphatic imine (C=N–C) groups is 1. The molecule has 0 bridgehead atoms. The fourth-order valence-corrected chi connectivity index (χ4v) is 2.94. The summed E-state index contributed by atoms with van der Waals surface area (Å²) in [5.41, 5.74) is 7.64.